The van der Waals surface area contributed by atoms with E-state index in [4.69, 9.17) is 28.6 Å². The lowest BCUT2D eigenvalue weighted by Gasteiger charge is -2.08. The summed E-state index contributed by atoms with van der Waals surface area (Å²) in [5, 5.41) is 0.661. The number of aromatic nitrogens is 2. The molecule has 1 aromatic heterocycles. The number of benzene rings is 2. The fraction of sp³-hybridized carbons (Fsp3) is 0.188. The SMILES string of the molecule is CCCOc1cccc2c1[nH]c(=S)n2-c1ccccc1Cl. The predicted molar refractivity (Wildman–Crippen MR) is 89.3 cm³/mol. The predicted octanol–water partition coefficient (Wildman–Crippen LogP) is 5.13. The van der Waals surface area contributed by atoms with Crippen molar-refractivity contribution in [2.24, 2.45) is 0 Å². The van der Waals surface area contributed by atoms with E-state index in [1.165, 1.54) is 0 Å². The average Bonchev–Trinajstić information content (AvgIpc) is 2.82. The Balaban J connectivity index is 2.23. The molecular weight excluding hydrogens is 304 g/mol. The van der Waals surface area contributed by atoms with Gasteiger partial charge in [-0.05, 0) is 42.9 Å². The Morgan fingerprint density at radius 3 is 2.76 bits per heavy atom. The molecule has 0 unspecified atom stereocenters. The number of nitrogens with one attached hydrogen (secondary N) is 1. The minimum atomic E-state index is 0.602. The second-order valence-corrected chi connectivity index (χ2v) is 5.51. The molecule has 21 heavy (non-hydrogen) atoms. The van der Waals surface area contributed by atoms with Crippen molar-refractivity contribution in [1.82, 2.24) is 9.55 Å². The number of hydrogen-bond acceptors (Lipinski definition) is 2. The number of para-hydroxylation sites is 2. The van der Waals surface area contributed by atoms with Crippen LogP contribution in [0.15, 0.2) is 42.5 Å². The fourth-order valence-corrected chi connectivity index (χ4v) is 2.83. The van der Waals surface area contributed by atoms with Gasteiger partial charge in [0.1, 0.15) is 11.3 Å². The first-order chi connectivity index (χ1) is 10.2. The van der Waals surface area contributed by atoms with Crippen molar-refractivity contribution < 1.29 is 4.74 Å². The Kier molecular flexibility index (Phi) is 3.99. The second kappa shape index (κ2) is 5.92. The van der Waals surface area contributed by atoms with Crippen LogP contribution < -0.4 is 4.74 Å². The van der Waals surface area contributed by atoms with E-state index in [2.05, 4.69) is 11.9 Å². The van der Waals surface area contributed by atoms with Gasteiger partial charge in [-0.2, -0.15) is 0 Å². The van der Waals surface area contributed by atoms with Crippen LogP contribution >= 0.6 is 23.8 Å². The molecule has 0 saturated carbocycles. The van der Waals surface area contributed by atoms with Crippen molar-refractivity contribution in [3.63, 3.8) is 0 Å². The first-order valence-electron chi connectivity index (χ1n) is 6.84. The van der Waals surface area contributed by atoms with Crippen molar-refractivity contribution in [1.29, 1.82) is 0 Å². The molecule has 2 aromatic carbocycles. The largest absolute Gasteiger partial charge is 0.491 e. The zero-order chi connectivity index (χ0) is 14.8. The van der Waals surface area contributed by atoms with Gasteiger partial charge < -0.3 is 9.72 Å². The Labute approximate surface area is 133 Å². The van der Waals surface area contributed by atoms with Crippen LogP contribution in [0.5, 0.6) is 5.75 Å². The van der Waals surface area contributed by atoms with Crippen LogP contribution in [-0.2, 0) is 0 Å². The number of fused-ring (bicyclic) bond motifs is 1. The molecular formula is C16H15ClN2OS. The highest BCUT2D eigenvalue weighted by molar-refractivity contribution is 7.71. The number of imidazole rings is 1. The van der Waals surface area contributed by atoms with Crippen molar-refractivity contribution in [3.05, 3.63) is 52.3 Å². The van der Waals surface area contributed by atoms with Crippen LogP contribution in [0.4, 0.5) is 0 Å². The topological polar surface area (TPSA) is 29.9 Å². The molecule has 1 N–H and O–H groups in total. The monoisotopic (exact) mass is 318 g/mol. The molecule has 0 fully saturated rings. The highest BCUT2D eigenvalue weighted by atomic mass is 35.5. The highest BCUT2D eigenvalue weighted by Crippen LogP contribution is 2.29. The van der Waals surface area contributed by atoms with Crippen molar-refractivity contribution in [3.8, 4) is 11.4 Å². The van der Waals surface area contributed by atoms with E-state index >= 15 is 0 Å². The van der Waals surface area contributed by atoms with Crippen LogP contribution in [0.2, 0.25) is 5.02 Å². The normalized spacial score (nSPS) is 11.0. The lowest BCUT2D eigenvalue weighted by atomic mass is 10.2. The second-order valence-electron chi connectivity index (χ2n) is 4.72. The molecule has 3 aromatic rings. The summed E-state index contributed by atoms with van der Waals surface area (Å²) in [5.74, 6) is 0.811. The van der Waals surface area contributed by atoms with Gasteiger partial charge in [-0.15, -0.1) is 0 Å². The first-order valence-corrected chi connectivity index (χ1v) is 7.62. The molecule has 0 spiro atoms. The van der Waals surface area contributed by atoms with Gasteiger partial charge in [-0.3, -0.25) is 4.57 Å². The van der Waals surface area contributed by atoms with E-state index in [1.807, 2.05) is 47.0 Å². The van der Waals surface area contributed by atoms with Gasteiger partial charge in [0.2, 0.25) is 0 Å². The van der Waals surface area contributed by atoms with Gasteiger partial charge in [-0.1, -0.05) is 36.7 Å². The third kappa shape index (κ3) is 2.57. The average molecular weight is 319 g/mol. The number of nitrogens with zero attached hydrogens (tertiary/aromatic N) is 1. The van der Waals surface area contributed by atoms with E-state index in [0.29, 0.717) is 16.4 Å². The number of ether oxygens (including phenoxy) is 1. The summed E-state index contributed by atoms with van der Waals surface area (Å²) < 4.78 is 8.32. The van der Waals surface area contributed by atoms with Crippen LogP contribution in [0.1, 0.15) is 13.3 Å². The summed E-state index contributed by atoms with van der Waals surface area (Å²) >= 11 is 11.8. The van der Waals surface area contributed by atoms with E-state index in [9.17, 15) is 0 Å². The molecule has 0 aliphatic heterocycles. The van der Waals surface area contributed by atoms with Crippen molar-refractivity contribution in [2.45, 2.75) is 13.3 Å². The third-order valence-electron chi connectivity index (χ3n) is 3.24. The summed E-state index contributed by atoms with van der Waals surface area (Å²) in [4.78, 5) is 3.22. The summed E-state index contributed by atoms with van der Waals surface area (Å²) in [6.45, 7) is 2.76. The number of halogens is 1. The van der Waals surface area contributed by atoms with Crippen LogP contribution in [-0.4, -0.2) is 16.2 Å². The van der Waals surface area contributed by atoms with E-state index < -0.39 is 0 Å². The smallest absolute Gasteiger partial charge is 0.182 e. The first kappa shape index (κ1) is 14.2. The number of rotatable bonds is 4. The third-order valence-corrected chi connectivity index (χ3v) is 3.84. The fourth-order valence-electron chi connectivity index (χ4n) is 2.31. The van der Waals surface area contributed by atoms with E-state index in [1.54, 1.807) is 0 Å². The van der Waals surface area contributed by atoms with Crippen molar-refractivity contribution in [2.75, 3.05) is 6.61 Å². The Bertz CT molecular complexity index is 838. The Morgan fingerprint density at radius 2 is 2.00 bits per heavy atom. The van der Waals surface area contributed by atoms with Crippen LogP contribution in [0.25, 0.3) is 16.7 Å². The highest BCUT2D eigenvalue weighted by Gasteiger charge is 2.12. The molecule has 0 saturated heterocycles. The lowest BCUT2D eigenvalue weighted by Crippen LogP contribution is -1.96. The Hall–Kier alpha value is -1.78. The summed E-state index contributed by atoms with van der Waals surface area (Å²) in [5.41, 5.74) is 2.72. The summed E-state index contributed by atoms with van der Waals surface area (Å²) in [6, 6.07) is 13.6. The number of aromatic amines is 1. The van der Waals surface area contributed by atoms with Gasteiger partial charge >= 0.3 is 0 Å². The molecule has 0 amide bonds. The zero-order valence-electron chi connectivity index (χ0n) is 11.6. The van der Waals surface area contributed by atoms with Gasteiger partial charge in [-0.25, -0.2) is 0 Å². The molecule has 108 valence electrons. The molecule has 3 nitrogen and oxygen atoms in total. The van der Waals surface area contributed by atoms with Gasteiger partial charge in [0.15, 0.2) is 4.77 Å². The van der Waals surface area contributed by atoms with E-state index in [-0.39, 0.29) is 0 Å². The van der Waals surface area contributed by atoms with Crippen molar-refractivity contribution >= 4 is 34.9 Å². The van der Waals surface area contributed by atoms with Gasteiger partial charge in [0, 0.05) is 0 Å². The maximum atomic E-state index is 6.30. The molecule has 0 bridgehead atoms. The summed E-state index contributed by atoms with van der Waals surface area (Å²) in [6.07, 6.45) is 0.961. The molecule has 1 heterocycles. The molecule has 0 aliphatic carbocycles. The molecule has 0 aliphatic rings. The standard InChI is InChI=1S/C16H15ClN2OS/c1-2-10-20-14-9-5-8-13-15(14)18-16(21)19(13)12-7-4-3-6-11(12)17/h3-9H,2,10H2,1H3,(H,18,21). The number of H-pyrrole nitrogens is 1. The lowest BCUT2D eigenvalue weighted by molar-refractivity contribution is 0.320. The zero-order valence-corrected chi connectivity index (χ0v) is 13.2. The maximum Gasteiger partial charge on any atom is 0.182 e. The van der Waals surface area contributed by atoms with Gasteiger partial charge in [0.25, 0.3) is 0 Å². The molecule has 0 radical (unpaired) electrons. The molecule has 3 rings (SSSR count). The minimum Gasteiger partial charge on any atom is -0.491 e. The van der Waals surface area contributed by atoms with Crippen LogP contribution in [0, 0.1) is 4.77 Å². The number of hydrogen-bond donors (Lipinski definition) is 1. The maximum absolute atomic E-state index is 6.30. The molecule has 0 atom stereocenters. The van der Waals surface area contributed by atoms with E-state index in [0.717, 1.165) is 28.9 Å². The van der Waals surface area contributed by atoms with Gasteiger partial charge in [0.05, 0.1) is 22.8 Å². The Morgan fingerprint density at radius 1 is 1.19 bits per heavy atom. The quantitative estimate of drug-likeness (QED) is 0.676. The molecule has 5 heteroatoms. The summed E-state index contributed by atoms with van der Waals surface area (Å²) in [7, 11) is 0. The minimum absolute atomic E-state index is 0.602. The van der Waals surface area contributed by atoms with Crippen LogP contribution in [0.3, 0.4) is 0 Å².